The van der Waals surface area contributed by atoms with Gasteiger partial charge in [0.15, 0.2) is 0 Å². The van der Waals surface area contributed by atoms with Crippen LogP contribution in [-0.4, -0.2) is 4.98 Å². The summed E-state index contributed by atoms with van der Waals surface area (Å²) in [5.41, 5.74) is 3.04. The summed E-state index contributed by atoms with van der Waals surface area (Å²) in [6, 6.07) is 9.96. The number of rotatable bonds is 1. The van der Waals surface area contributed by atoms with Crippen molar-refractivity contribution in [3.63, 3.8) is 0 Å². The van der Waals surface area contributed by atoms with Gasteiger partial charge in [-0.15, -0.1) is 0 Å². The number of hydrogen-bond donors (Lipinski definition) is 1. The Kier molecular flexibility index (Phi) is 2.01. The van der Waals surface area contributed by atoms with E-state index in [1.165, 1.54) is 5.69 Å². The maximum absolute atomic E-state index is 8.75. The molecular weight excluding hydrogens is 172 g/mol. The number of benzene rings is 1. The van der Waals surface area contributed by atoms with Crippen molar-refractivity contribution in [3.8, 4) is 6.07 Å². The molecule has 0 atom stereocenters. The van der Waals surface area contributed by atoms with Gasteiger partial charge in [0.1, 0.15) is 0 Å². The lowest BCUT2D eigenvalue weighted by molar-refractivity contribution is 0.836. The largest absolute Gasteiger partial charge is 0.358 e. The molecule has 1 heterocycles. The van der Waals surface area contributed by atoms with Gasteiger partial charge in [0.25, 0.3) is 0 Å². The first-order chi connectivity index (χ1) is 6.70. The van der Waals surface area contributed by atoms with Crippen LogP contribution in [0.25, 0.3) is 10.9 Å². The summed E-state index contributed by atoms with van der Waals surface area (Å²) in [5.74, 6) is 0.493. The van der Waals surface area contributed by atoms with E-state index in [0.29, 0.717) is 11.5 Å². The normalized spacial score (nSPS) is 10.7. The van der Waals surface area contributed by atoms with E-state index >= 15 is 0 Å². The molecule has 0 fully saturated rings. The molecule has 2 rings (SSSR count). The number of H-pyrrole nitrogens is 1. The van der Waals surface area contributed by atoms with Crippen molar-refractivity contribution in [1.29, 1.82) is 5.26 Å². The van der Waals surface area contributed by atoms with Gasteiger partial charge in [0.05, 0.1) is 11.6 Å². The highest BCUT2D eigenvalue weighted by Gasteiger charge is 2.04. The number of hydrogen-bond acceptors (Lipinski definition) is 1. The second-order valence-corrected chi connectivity index (χ2v) is 3.79. The van der Waals surface area contributed by atoms with Crippen molar-refractivity contribution in [1.82, 2.24) is 4.98 Å². The standard InChI is InChI=1S/C12H12N2/c1-8(2)12-6-10-5-9(7-13)3-4-11(10)14-12/h3-6,8,14H,1-2H3. The molecule has 0 radical (unpaired) electrons. The molecule has 2 nitrogen and oxygen atoms in total. The minimum Gasteiger partial charge on any atom is -0.358 e. The fraction of sp³-hybridized carbons (Fsp3) is 0.250. The number of nitriles is 1. The highest BCUT2D eigenvalue weighted by atomic mass is 14.7. The zero-order valence-corrected chi connectivity index (χ0v) is 8.33. The molecule has 0 saturated heterocycles. The molecule has 0 aliphatic carbocycles. The van der Waals surface area contributed by atoms with Crippen molar-refractivity contribution < 1.29 is 0 Å². The first kappa shape index (κ1) is 8.83. The van der Waals surface area contributed by atoms with Gasteiger partial charge in [-0.25, -0.2) is 0 Å². The fourth-order valence-electron chi connectivity index (χ4n) is 1.54. The highest BCUT2D eigenvalue weighted by molar-refractivity contribution is 5.81. The average Bonchev–Trinajstić information content (AvgIpc) is 2.59. The third-order valence-electron chi connectivity index (χ3n) is 2.39. The van der Waals surface area contributed by atoms with E-state index in [4.69, 9.17) is 5.26 Å². The van der Waals surface area contributed by atoms with Gasteiger partial charge in [-0.1, -0.05) is 13.8 Å². The van der Waals surface area contributed by atoms with Crippen molar-refractivity contribution in [2.45, 2.75) is 19.8 Å². The molecule has 0 spiro atoms. The Labute approximate surface area is 83.2 Å². The van der Waals surface area contributed by atoms with E-state index in [-0.39, 0.29) is 0 Å². The Morgan fingerprint density at radius 3 is 2.71 bits per heavy atom. The lowest BCUT2D eigenvalue weighted by Crippen LogP contribution is -1.84. The monoisotopic (exact) mass is 184 g/mol. The van der Waals surface area contributed by atoms with Crippen molar-refractivity contribution in [3.05, 3.63) is 35.5 Å². The highest BCUT2D eigenvalue weighted by Crippen LogP contribution is 2.21. The molecule has 0 aliphatic rings. The molecule has 0 aliphatic heterocycles. The van der Waals surface area contributed by atoms with E-state index in [9.17, 15) is 0 Å². The van der Waals surface area contributed by atoms with Crippen LogP contribution in [-0.2, 0) is 0 Å². The first-order valence-electron chi connectivity index (χ1n) is 4.73. The summed E-state index contributed by atoms with van der Waals surface area (Å²) in [4.78, 5) is 3.34. The maximum Gasteiger partial charge on any atom is 0.0991 e. The van der Waals surface area contributed by atoms with E-state index < -0.39 is 0 Å². The molecule has 0 amide bonds. The Morgan fingerprint density at radius 2 is 2.07 bits per heavy atom. The molecule has 70 valence electrons. The van der Waals surface area contributed by atoms with E-state index in [1.54, 1.807) is 0 Å². The third-order valence-corrected chi connectivity index (χ3v) is 2.39. The van der Waals surface area contributed by atoms with Crippen LogP contribution in [0.2, 0.25) is 0 Å². The average molecular weight is 184 g/mol. The minimum atomic E-state index is 0.493. The zero-order valence-electron chi connectivity index (χ0n) is 8.33. The van der Waals surface area contributed by atoms with Gasteiger partial charge in [0, 0.05) is 16.6 Å². The van der Waals surface area contributed by atoms with Crippen molar-refractivity contribution >= 4 is 10.9 Å². The molecule has 2 aromatic rings. The third kappa shape index (κ3) is 1.38. The van der Waals surface area contributed by atoms with Crippen molar-refractivity contribution in [2.24, 2.45) is 0 Å². The Hall–Kier alpha value is -1.75. The summed E-state index contributed by atoms with van der Waals surface area (Å²) < 4.78 is 0. The van der Waals surface area contributed by atoms with Crippen LogP contribution in [0.3, 0.4) is 0 Å². The lowest BCUT2D eigenvalue weighted by atomic mass is 10.1. The fourth-order valence-corrected chi connectivity index (χ4v) is 1.54. The molecule has 1 N–H and O–H groups in total. The SMILES string of the molecule is CC(C)c1cc2cc(C#N)ccc2[nH]1. The van der Waals surface area contributed by atoms with Gasteiger partial charge >= 0.3 is 0 Å². The summed E-state index contributed by atoms with van der Waals surface area (Å²) >= 11 is 0. The van der Waals surface area contributed by atoms with E-state index in [2.05, 4.69) is 31.0 Å². The predicted octanol–water partition coefficient (Wildman–Crippen LogP) is 3.16. The predicted molar refractivity (Wildman–Crippen MR) is 57.1 cm³/mol. The Bertz CT molecular complexity index is 501. The minimum absolute atomic E-state index is 0.493. The number of aromatic amines is 1. The summed E-state index contributed by atoms with van der Waals surface area (Å²) in [6.45, 7) is 4.30. The van der Waals surface area contributed by atoms with Crippen LogP contribution in [0, 0.1) is 11.3 Å². The first-order valence-corrected chi connectivity index (χ1v) is 4.73. The van der Waals surface area contributed by atoms with Gasteiger partial charge < -0.3 is 4.98 Å². The maximum atomic E-state index is 8.75. The Morgan fingerprint density at radius 1 is 1.29 bits per heavy atom. The summed E-state index contributed by atoms with van der Waals surface area (Å²) in [7, 11) is 0. The molecular formula is C12H12N2. The molecule has 1 aromatic heterocycles. The summed E-state index contributed by atoms with van der Waals surface area (Å²) in [6.07, 6.45) is 0. The number of fused-ring (bicyclic) bond motifs is 1. The lowest BCUT2D eigenvalue weighted by Gasteiger charge is -1.97. The Balaban J connectivity index is 2.61. The molecule has 14 heavy (non-hydrogen) atoms. The van der Waals surface area contributed by atoms with Crippen LogP contribution >= 0.6 is 0 Å². The van der Waals surface area contributed by atoms with E-state index in [0.717, 1.165) is 10.9 Å². The molecule has 2 heteroatoms. The van der Waals surface area contributed by atoms with Crippen LogP contribution in [0.1, 0.15) is 31.0 Å². The molecule has 0 unspecified atom stereocenters. The zero-order chi connectivity index (χ0) is 10.1. The second kappa shape index (κ2) is 3.19. The summed E-state index contributed by atoms with van der Waals surface area (Å²) in [5, 5.41) is 9.87. The number of aromatic nitrogens is 1. The molecule has 0 bridgehead atoms. The smallest absolute Gasteiger partial charge is 0.0991 e. The quantitative estimate of drug-likeness (QED) is 0.726. The van der Waals surface area contributed by atoms with Gasteiger partial charge in [0.2, 0.25) is 0 Å². The second-order valence-electron chi connectivity index (χ2n) is 3.79. The number of nitrogens with zero attached hydrogens (tertiary/aromatic N) is 1. The number of nitrogens with one attached hydrogen (secondary N) is 1. The van der Waals surface area contributed by atoms with E-state index in [1.807, 2.05) is 18.2 Å². The van der Waals surface area contributed by atoms with Crippen LogP contribution < -0.4 is 0 Å². The molecule has 0 saturated carbocycles. The van der Waals surface area contributed by atoms with Crippen LogP contribution in [0.4, 0.5) is 0 Å². The van der Waals surface area contributed by atoms with Gasteiger partial charge in [-0.3, -0.25) is 0 Å². The van der Waals surface area contributed by atoms with Gasteiger partial charge in [-0.2, -0.15) is 5.26 Å². The van der Waals surface area contributed by atoms with Crippen LogP contribution in [0.15, 0.2) is 24.3 Å². The van der Waals surface area contributed by atoms with Gasteiger partial charge in [-0.05, 0) is 30.2 Å². The molecule has 1 aromatic carbocycles. The van der Waals surface area contributed by atoms with Crippen LogP contribution in [0.5, 0.6) is 0 Å². The topological polar surface area (TPSA) is 39.6 Å². The van der Waals surface area contributed by atoms with Crippen molar-refractivity contribution in [2.75, 3.05) is 0 Å².